The molecular formula is C15H27NO2. The van der Waals surface area contributed by atoms with Gasteiger partial charge in [-0.2, -0.15) is 0 Å². The molecule has 0 spiro atoms. The lowest BCUT2D eigenvalue weighted by atomic mass is 9.79. The summed E-state index contributed by atoms with van der Waals surface area (Å²) in [6.07, 6.45) is 8.30. The van der Waals surface area contributed by atoms with Crippen molar-refractivity contribution in [2.75, 3.05) is 6.54 Å². The van der Waals surface area contributed by atoms with Crippen LogP contribution in [0.4, 0.5) is 0 Å². The van der Waals surface area contributed by atoms with E-state index in [4.69, 9.17) is 0 Å². The van der Waals surface area contributed by atoms with Crippen LogP contribution in [0.1, 0.15) is 58.8 Å². The van der Waals surface area contributed by atoms with E-state index < -0.39 is 5.97 Å². The van der Waals surface area contributed by atoms with Gasteiger partial charge in [-0.15, -0.1) is 0 Å². The zero-order valence-electron chi connectivity index (χ0n) is 11.8. The van der Waals surface area contributed by atoms with Gasteiger partial charge in [-0.3, -0.25) is 9.69 Å². The Morgan fingerprint density at radius 2 is 2.00 bits per heavy atom. The number of piperidine rings is 1. The van der Waals surface area contributed by atoms with Crippen molar-refractivity contribution in [3.63, 3.8) is 0 Å². The number of hydrogen-bond acceptors (Lipinski definition) is 2. The van der Waals surface area contributed by atoms with E-state index in [0.29, 0.717) is 17.9 Å². The average molecular weight is 253 g/mol. The van der Waals surface area contributed by atoms with Gasteiger partial charge in [0.15, 0.2) is 0 Å². The Morgan fingerprint density at radius 3 is 2.67 bits per heavy atom. The summed E-state index contributed by atoms with van der Waals surface area (Å²) >= 11 is 0. The second kappa shape index (κ2) is 6.05. The lowest BCUT2D eigenvalue weighted by Gasteiger charge is -2.46. The van der Waals surface area contributed by atoms with E-state index in [1.165, 1.54) is 32.1 Å². The number of rotatable bonds is 3. The second-order valence-electron chi connectivity index (χ2n) is 6.24. The smallest absolute Gasteiger partial charge is 0.320 e. The van der Waals surface area contributed by atoms with Gasteiger partial charge in [0, 0.05) is 6.04 Å². The molecule has 104 valence electrons. The molecule has 3 heteroatoms. The van der Waals surface area contributed by atoms with Crippen molar-refractivity contribution in [1.29, 1.82) is 0 Å². The van der Waals surface area contributed by atoms with E-state index in [-0.39, 0.29) is 6.04 Å². The molecule has 1 heterocycles. The predicted octanol–water partition coefficient (Wildman–Crippen LogP) is 3.14. The molecule has 0 aromatic heterocycles. The number of carboxylic acids is 1. The van der Waals surface area contributed by atoms with Gasteiger partial charge in [0.25, 0.3) is 0 Å². The third-order valence-electron chi connectivity index (χ3n) is 5.01. The van der Waals surface area contributed by atoms with Crippen LogP contribution in [0, 0.1) is 11.8 Å². The first-order valence-electron chi connectivity index (χ1n) is 7.62. The van der Waals surface area contributed by atoms with Crippen LogP contribution < -0.4 is 0 Å². The van der Waals surface area contributed by atoms with Crippen LogP contribution in [0.25, 0.3) is 0 Å². The van der Waals surface area contributed by atoms with Crippen molar-refractivity contribution >= 4 is 5.97 Å². The third kappa shape index (κ3) is 2.87. The molecule has 18 heavy (non-hydrogen) atoms. The first kappa shape index (κ1) is 13.9. The molecule has 1 aliphatic carbocycles. The maximum absolute atomic E-state index is 11.5. The Kier molecular flexibility index (Phi) is 4.66. The van der Waals surface area contributed by atoms with Crippen molar-refractivity contribution in [2.24, 2.45) is 11.8 Å². The molecule has 3 nitrogen and oxygen atoms in total. The molecule has 0 aromatic rings. The molecule has 0 radical (unpaired) electrons. The van der Waals surface area contributed by atoms with Crippen LogP contribution in [0.15, 0.2) is 0 Å². The highest BCUT2D eigenvalue weighted by molar-refractivity contribution is 5.73. The predicted molar refractivity (Wildman–Crippen MR) is 72.6 cm³/mol. The minimum atomic E-state index is -0.609. The maximum atomic E-state index is 11.5. The lowest BCUT2D eigenvalue weighted by Crippen LogP contribution is -2.54. The van der Waals surface area contributed by atoms with Crippen LogP contribution >= 0.6 is 0 Å². The number of carbonyl (C=O) groups is 1. The van der Waals surface area contributed by atoms with E-state index in [1.54, 1.807) is 0 Å². The summed E-state index contributed by atoms with van der Waals surface area (Å²) in [6.45, 7) is 5.43. The Bertz CT molecular complexity index is 292. The van der Waals surface area contributed by atoms with Crippen molar-refractivity contribution < 1.29 is 9.90 Å². The fraction of sp³-hybridized carbons (Fsp3) is 0.933. The SMILES string of the molecule is CCC1CCCCC1N1CCC(C)CC1C(=O)O. The standard InChI is InChI=1S/C15H27NO2/c1-3-12-6-4-5-7-13(12)16-9-8-11(2)10-14(16)15(17)18/h11-14H,3-10H2,1-2H3,(H,17,18). The fourth-order valence-electron chi connectivity index (χ4n) is 3.90. The van der Waals surface area contributed by atoms with Gasteiger partial charge in [-0.25, -0.2) is 0 Å². The first-order chi connectivity index (χ1) is 8.63. The third-order valence-corrected chi connectivity index (χ3v) is 5.01. The van der Waals surface area contributed by atoms with E-state index in [0.717, 1.165) is 19.4 Å². The molecule has 0 bridgehead atoms. The van der Waals surface area contributed by atoms with Gasteiger partial charge >= 0.3 is 5.97 Å². The first-order valence-corrected chi connectivity index (χ1v) is 7.62. The number of hydrogen-bond donors (Lipinski definition) is 1. The normalized spacial score (nSPS) is 38.6. The molecule has 0 amide bonds. The van der Waals surface area contributed by atoms with Crippen LogP contribution in [0.3, 0.4) is 0 Å². The van der Waals surface area contributed by atoms with Crippen LogP contribution in [0.2, 0.25) is 0 Å². The second-order valence-corrected chi connectivity index (χ2v) is 6.24. The molecule has 4 unspecified atom stereocenters. The highest BCUT2D eigenvalue weighted by Crippen LogP contribution is 2.35. The minimum Gasteiger partial charge on any atom is -0.480 e. The minimum absolute atomic E-state index is 0.231. The largest absolute Gasteiger partial charge is 0.480 e. The summed E-state index contributed by atoms with van der Waals surface area (Å²) in [4.78, 5) is 13.8. The number of aliphatic carboxylic acids is 1. The summed E-state index contributed by atoms with van der Waals surface area (Å²) < 4.78 is 0. The van der Waals surface area contributed by atoms with Gasteiger partial charge in [-0.1, -0.05) is 33.1 Å². The highest BCUT2D eigenvalue weighted by Gasteiger charge is 2.39. The number of nitrogens with zero attached hydrogens (tertiary/aromatic N) is 1. The summed E-state index contributed by atoms with van der Waals surface area (Å²) in [5.41, 5.74) is 0. The monoisotopic (exact) mass is 253 g/mol. The van der Waals surface area contributed by atoms with Crippen LogP contribution in [-0.4, -0.2) is 34.6 Å². The van der Waals surface area contributed by atoms with E-state index in [9.17, 15) is 9.90 Å². The molecule has 2 aliphatic rings. The zero-order valence-corrected chi connectivity index (χ0v) is 11.8. The Morgan fingerprint density at radius 1 is 1.28 bits per heavy atom. The summed E-state index contributed by atoms with van der Waals surface area (Å²) in [6, 6.07) is 0.295. The van der Waals surface area contributed by atoms with Crippen LogP contribution in [0.5, 0.6) is 0 Å². The Labute approximate surface area is 111 Å². The average Bonchev–Trinajstić information content (AvgIpc) is 2.38. The van der Waals surface area contributed by atoms with Crippen LogP contribution in [-0.2, 0) is 4.79 Å². The highest BCUT2D eigenvalue weighted by atomic mass is 16.4. The molecule has 1 saturated carbocycles. The van der Waals surface area contributed by atoms with Gasteiger partial charge in [0.05, 0.1) is 0 Å². The summed E-state index contributed by atoms with van der Waals surface area (Å²) in [5.74, 6) is 0.669. The Hall–Kier alpha value is -0.570. The Balaban J connectivity index is 2.10. The maximum Gasteiger partial charge on any atom is 0.320 e. The molecular weight excluding hydrogens is 226 g/mol. The molecule has 1 saturated heterocycles. The molecule has 1 N–H and O–H groups in total. The number of carboxylic acid groups (broad SMARTS) is 1. The van der Waals surface area contributed by atoms with E-state index in [2.05, 4.69) is 18.7 Å². The lowest BCUT2D eigenvalue weighted by molar-refractivity contribution is -0.148. The topological polar surface area (TPSA) is 40.5 Å². The molecule has 0 aromatic carbocycles. The molecule has 2 rings (SSSR count). The van der Waals surface area contributed by atoms with Gasteiger partial charge in [0.2, 0.25) is 0 Å². The molecule has 4 atom stereocenters. The van der Waals surface area contributed by atoms with Gasteiger partial charge in [-0.05, 0) is 44.1 Å². The van der Waals surface area contributed by atoms with E-state index in [1.807, 2.05) is 0 Å². The van der Waals surface area contributed by atoms with Crippen molar-refractivity contribution in [3.05, 3.63) is 0 Å². The number of likely N-dealkylation sites (tertiary alicyclic amines) is 1. The van der Waals surface area contributed by atoms with Gasteiger partial charge < -0.3 is 5.11 Å². The van der Waals surface area contributed by atoms with Crippen molar-refractivity contribution in [3.8, 4) is 0 Å². The summed E-state index contributed by atoms with van der Waals surface area (Å²) in [7, 11) is 0. The molecule has 2 fully saturated rings. The fourth-order valence-corrected chi connectivity index (χ4v) is 3.90. The van der Waals surface area contributed by atoms with Crippen molar-refractivity contribution in [1.82, 2.24) is 4.90 Å². The summed E-state index contributed by atoms with van der Waals surface area (Å²) in [5, 5.41) is 9.47. The van der Waals surface area contributed by atoms with Crippen molar-refractivity contribution in [2.45, 2.75) is 70.9 Å². The quantitative estimate of drug-likeness (QED) is 0.840. The van der Waals surface area contributed by atoms with E-state index >= 15 is 0 Å². The van der Waals surface area contributed by atoms with Gasteiger partial charge in [0.1, 0.15) is 6.04 Å². The zero-order chi connectivity index (χ0) is 13.1. The molecule has 1 aliphatic heterocycles.